The summed E-state index contributed by atoms with van der Waals surface area (Å²) in [7, 11) is 0. The van der Waals surface area contributed by atoms with Gasteiger partial charge in [-0.1, -0.05) is 121 Å². The van der Waals surface area contributed by atoms with Gasteiger partial charge in [0.1, 0.15) is 0 Å². The minimum Gasteiger partial charge on any atom is -0.354 e. The molecule has 0 fully saturated rings. The summed E-state index contributed by atoms with van der Waals surface area (Å²) in [5, 5.41) is 0. The van der Waals surface area contributed by atoms with Crippen LogP contribution in [0.2, 0.25) is 0 Å². The summed E-state index contributed by atoms with van der Waals surface area (Å²) in [6.07, 6.45) is 2.82. The molecule has 5 heteroatoms. The normalized spacial score (nSPS) is 14.0. The third-order valence-electron chi connectivity index (χ3n) is 9.72. The Balaban J connectivity index is 1.51. The number of hydrogen-bond acceptors (Lipinski definition) is 3. The van der Waals surface area contributed by atoms with E-state index in [1.54, 1.807) is 0 Å². The number of benzene rings is 4. The number of nitrogens with two attached hydrogens (primary N) is 1. The monoisotopic (exact) mass is 645 g/mol. The lowest BCUT2D eigenvalue weighted by Gasteiger charge is -2.09. The maximum Gasteiger partial charge on any atom is 0.0766 e. The molecule has 0 saturated carbocycles. The molecule has 0 saturated heterocycles. The van der Waals surface area contributed by atoms with E-state index in [4.69, 9.17) is 15.7 Å². The van der Waals surface area contributed by atoms with Crippen molar-refractivity contribution in [3.63, 3.8) is 0 Å². The standard InChI is InChI=1S/C45H35N5/c1-28-26-38-40(29-14-6-2-7-15-29)34-23-25-37(48-34)43(32-20-12-5-13-21-32)45-33(46)27-39(50-45)41(30-16-8-3-9-17-30)35-22-24-36(47-35)42(44(28)49-38)31-18-10-4-11-19-31/h2-26,33,47-48H,27,46H2,1H3. The van der Waals surface area contributed by atoms with Crippen LogP contribution >= 0.6 is 0 Å². The molecule has 0 spiro atoms. The fourth-order valence-electron chi connectivity index (χ4n) is 7.45. The van der Waals surface area contributed by atoms with Crippen LogP contribution in [0.3, 0.4) is 0 Å². The lowest BCUT2D eigenvalue weighted by atomic mass is 9.98. The summed E-state index contributed by atoms with van der Waals surface area (Å²) in [6.45, 7) is 2.16. The van der Waals surface area contributed by atoms with E-state index >= 15 is 0 Å². The first-order valence-corrected chi connectivity index (χ1v) is 17.1. The Hall–Kier alpha value is -6.30. The molecule has 1 atom stereocenters. The number of fused-ring (bicyclic) bond motifs is 8. The number of aromatic amines is 2. The number of nitrogens with zero attached hydrogens (tertiary/aromatic N) is 2. The van der Waals surface area contributed by atoms with Gasteiger partial charge in [-0.05, 0) is 65.1 Å². The van der Waals surface area contributed by atoms with Gasteiger partial charge >= 0.3 is 0 Å². The van der Waals surface area contributed by atoms with Crippen molar-refractivity contribution in [2.24, 2.45) is 5.73 Å². The lowest BCUT2D eigenvalue weighted by molar-refractivity contribution is 0.757. The molecule has 2 aliphatic rings. The second-order valence-electron chi connectivity index (χ2n) is 13.0. The second kappa shape index (κ2) is 12.3. The zero-order valence-electron chi connectivity index (χ0n) is 27.7. The molecule has 9 rings (SSSR count). The Morgan fingerprint density at radius 3 is 1.46 bits per heavy atom. The molecule has 0 radical (unpaired) electrons. The van der Waals surface area contributed by atoms with E-state index < -0.39 is 0 Å². The first kappa shape index (κ1) is 29.8. The van der Waals surface area contributed by atoms with Crippen LogP contribution in [0.15, 0.2) is 146 Å². The van der Waals surface area contributed by atoms with Crippen molar-refractivity contribution in [2.75, 3.05) is 0 Å². The largest absolute Gasteiger partial charge is 0.354 e. The van der Waals surface area contributed by atoms with Crippen molar-refractivity contribution in [1.29, 1.82) is 0 Å². The van der Waals surface area contributed by atoms with Crippen molar-refractivity contribution < 1.29 is 0 Å². The van der Waals surface area contributed by atoms with Gasteiger partial charge in [-0.15, -0.1) is 0 Å². The van der Waals surface area contributed by atoms with Crippen LogP contribution in [0.4, 0.5) is 0 Å². The van der Waals surface area contributed by atoms with E-state index in [2.05, 4.69) is 156 Å². The Labute approximate surface area is 290 Å². The van der Waals surface area contributed by atoms with E-state index in [9.17, 15) is 0 Å². The Morgan fingerprint density at radius 2 is 0.920 bits per heavy atom. The third-order valence-corrected chi connectivity index (χ3v) is 9.72. The van der Waals surface area contributed by atoms with Gasteiger partial charge in [-0.25, -0.2) is 4.98 Å². The van der Waals surface area contributed by atoms with Gasteiger partial charge in [0, 0.05) is 50.7 Å². The summed E-state index contributed by atoms with van der Waals surface area (Å²) in [5.41, 5.74) is 24.3. The summed E-state index contributed by atoms with van der Waals surface area (Å²) < 4.78 is 0. The molecular weight excluding hydrogens is 611 g/mol. The van der Waals surface area contributed by atoms with Gasteiger partial charge in [0.2, 0.25) is 0 Å². The van der Waals surface area contributed by atoms with Crippen molar-refractivity contribution in [1.82, 2.24) is 19.9 Å². The van der Waals surface area contributed by atoms with E-state index in [1.807, 2.05) is 12.1 Å². The van der Waals surface area contributed by atoms with E-state index in [1.165, 1.54) is 0 Å². The highest BCUT2D eigenvalue weighted by atomic mass is 14.9. The number of rotatable bonds is 4. The van der Waals surface area contributed by atoms with Crippen LogP contribution in [-0.4, -0.2) is 19.9 Å². The summed E-state index contributed by atoms with van der Waals surface area (Å²) in [4.78, 5) is 18.5. The molecule has 4 aromatic carbocycles. The van der Waals surface area contributed by atoms with E-state index in [0.29, 0.717) is 6.42 Å². The second-order valence-corrected chi connectivity index (χ2v) is 13.0. The maximum atomic E-state index is 7.08. The summed E-state index contributed by atoms with van der Waals surface area (Å²) in [6, 6.07) is 50.4. The minimum atomic E-state index is -0.290. The van der Waals surface area contributed by atoms with Crippen molar-refractivity contribution in [3.8, 4) is 44.5 Å². The first-order chi connectivity index (χ1) is 24.6. The zero-order valence-corrected chi connectivity index (χ0v) is 27.7. The molecule has 1 unspecified atom stereocenters. The van der Waals surface area contributed by atoms with Gasteiger partial charge in [-0.3, -0.25) is 4.98 Å². The fraction of sp³-hybridized carbons (Fsp3) is 0.0667. The van der Waals surface area contributed by atoms with E-state index in [-0.39, 0.29) is 6.04 Å². The smallest absolute Gasteiger partial charge is 0.0766 e. The lowest BCUT2D eigenvalue weighted by Crippen LogP contribution is -2.09. The molecule has 4 N–H and O–H groups in total. The summed E-state index contributed by atoms with van der Waals surface area (Å²) in [5.74, 6) is 0. The molecule has 2 aliphatic heterocycles. The molecule has 240 valence electrons. The summed E-state index contributed by atoms with van der Waals surface area (Å²) >= 11 is 0. The van der Waals surface area contributed by atoms with Gasteiger partial charge in [-0.2, -0.15) is 0 Å². The van der Waals surface area contributed by atoms with Gasteiger partial charge in [0.25, 0.3) is 0 Å². The highest BCUT2D eigenvalue weighted by molar-refractivity contribution is 6.00. The molecule has 3 aromatic heterocycles. The quantitative estimate of drug-likeness (QED) is 0.178. The number of H-pyrrole nitrogens is 2. The van der Waals surface area contributed by atoms with Crippen LogP contribution in [0, 0.1) is 0 Å². The minimum absolute atomic E-state index is 0.290. The number of allylic oxidation sites excluding steroid dienone is 1. The first-order valence-electron chi connectivity index (χ1n) is 17.1. The van der Waals surface area contributed by atoms with E-state index in [0.717, 1.165) is 94.9 Å². The Morgan fingerprint density at radius 1 is 0.500 bits per heavy atom. The number of aromatic nitrogens is 4. The Kier molecular flexibility index (Phi) is 7.33. The molecule has 5 nitrogen and oxygen atoms in total. The third kappa shape index (κ3) is 5.16. The fourth-order valence-corrected chi connectivity index (χ4v) is 7.45. The van der Waals surface area contributed by atoms with Crippen LogP contribution < -0.4 is 5.73 Å². The van der Waals surface area contributed by atoms with Crippen LogP contribution in [0.5, 0.6) is 0 Å². The highest BCUT2D eigenvalue weighted by Crippen LogP contribution is 2.41. The number of hydrogen-bond donors (Lipinski definition) is 3. The van der Waals surface area contributed by atoms with Crippen molar-refractivity contribution >= 4 is 33.7 Å². The topological polar surface area (TPSA) is 83.4 Å². The predicted octanol–water partition coefficient (Wildman–Crippen LogP) is 10.8. The zero-order chi connectivity index (χ0) is 33.6. The molecular formula is C45H35N5. The maximum absolute atomic E-state index is 7.08. The van der Waals surface area contributed by atoms with Gasteiger partial charge in [0.15, 0.2) is 0 Å². The Bertz CT molecular complexity index is 2560. The van der Waals surface area contributed by atoms with Gasteiger partial charge < -0.3 is 15.7 Å². The van der Waals surface area contributed by atoms with Crippen LogP contribution in [0.25, 0.3) is 78.2 Å². The SMILES string of the molecule is CC1=Cc2nc1c(-c1ccccc1)c1ccc([nH]1)c(-c1ccccc1)c1nc(c(-c3ccccc3)c3ccc([nH]3)c2-c2ccccc2)C(N)C1. The van der Waals surface area contributed by atoms with Gasteiger partial charge in [0.05, 0.1) is 28.8 Å². The molecule has 7 aromatic rings. The predicted molar refractivity (Wildman–Crippen MR) is 207 cm³/mol. The molecule has 0 amide bonds. The molecule has 0 aliphatic carbocycles. The van der Waals surface area contributed by atoms with Crippen molar-refractivity contribution in [2.45, 2.75) is 19.4 Å². The highest BCUT2D eigenvalue weighted by Gasteiger charge is 2.26. The molecule has 5 heterocycles. The average molecular weight is 646 g/mol. The van der Waals surface area contributed by atoms with Crippen LogP contribution in [0.1, 0.15) is 35.7 Å². The average Bonchev–Trinajstić information content (AvgIpc) is 3.97. The molecule has 8 bridgehead atoms. The van der Waals surface area contributed by atoms with Crippen LogP contribution in [-0.2, 0) is 6.42 Å². The number of nitrogens with one attached hydrogen (secondary N) is 2. The molecule has 50 heavy (non-hydrogen) atoms. The van der Waals surface area contributed by atoms with Crippen molar-refractivity contribution in [3.05, 3.63) is 168 Å².